The molecule has 0 atom stereocenters. The second kappa shape index (κ2) is 8.83. The molecule has 0 spiro atoms. The first-order valence-electron chi connectivity index (χ1n) is 9.02. The van der Waals surface area contributed by atoms with E-state index in [1.165, 1.54) is 11.3 Å². The van der Waals surface area contributed by atoms with Gasteiger partial charge < -0.3 is 0 Å². The van der Waals surface area contributed by atoms with Crippen molar-refractivity contribution in [3.63, 3.8) is 0 Å². The highest BCUT2D eigenvalue weighted by atomic mass is 32.2. The van der Waals surface area contributed by atoms with Crippen LogP contribution in [0.3, 0.4) is 0 Å². The molecule has 0 saturated carbocycles. The lowest BCUT2D eigenvalue weighted by Crippen LogP contribution is -2.31. The normalized spacial score (nSPS) is 16.9. The van der Waals surface area contributed by atoms with Crippen LogP contribution in [0, 0.1) is 0 Å². The van der Waals surface area contributed by atoms with Gasteiger partial charge in [-0.3, -0.25) is 0 Å². The van der Waals surface area contributed by atoms with E-state index < -0.39 is 20.0 Å². The van der Waals surface area contributed by atoms with Crippen molar-refractivity contribution in [2.45, 2.75) is 41.2 Å². The fraction of sp³-hybridized carbons (Fsp3) is 0.444. The van der Waals surface area contributed by atoms with Crippen molar-refractivity contribution in [3.05, 3.63) is 47.3 Å². The number of rotatable bonds is 7. The maximum absolute atomic E-state index is 12.8. The molecule has 0 amide bonds. The molecule has 0 unspecified atom stereocenters. The topological polar surface area (TPSA) is 83.5 Å². The Balaban J connectivity index is 1.60. The van der Waals surface area contributed by atoms with E-state index in [9.17, 15) is 16.8 Å². The van der Waals surface area contributed by atoms with Crippen molar-refractivity contribution in [2.24, 2.45) is 0 Å². The van der Waals surface area contributed by atoms with Crippen molar-refractivity contribution in [1.82, 2.24) is 9.03 Å². The molecule has 0 bridgehead atoms. The Hall–Kier alpha value is -1.26. The maximum Gasteiger partial charge on any atom is 0.250 e. The van der Waals surface area contributed by atoms with E-state index in [1.54, 1.807) is 46.1 Å². The lowest BCUT2D eigenvalue weighted by molar-refractivity contribution is 0.423. The fourth-order valence-electron chi connectivity index (χ4n) is 3.08. The van der Waals surface area contributed by atoms with Crippen molar-refractivity contribution in [1.29, 1.82) is 0 Å². The van der Waals surface area contributed by atoms with Crippen LogP contribution in [-0.2, 0) is 26.5 Å². The van der Waals surface area contributed by atoms with Gasteiger partial charge in [0.15, 0.2) is 0 Å². The number of hydrogen-bond acceptors (Lipinski definition) is 5. The molecular formula is C18H24N2O4S3. The van der Waals surface area contributed by atoms with E-state index in [2.05, 4.69) is 4.72 Å². The van der Waals surface area contributed by atoms with Crippen LogP contribution in [-0.4, -0.2) is 40.8 Å². The molecule has 1 aromatic carbocycles. The van der Waals surface area contributed by atoms with Crippen LogP contribution >= 0.6 is 11.3 Å². The minimum Gasteiger partial charge on any atom is -0.210 e. The third-order valence-corrected chi connectivity index (χ3v) is 9.36. The zero-order valence-corrected chi connectivity index (χ0v) is 17.5. The highest BCUT2D eigenvalue weighted by Gasteiger charge is 2.24. The summed E-state index contributed by atoms with van der Waals surface area (Å²) in [5.74, 6) is 0. The van der Waals surface area contributed by atoms with Gasteiger partial charge in [0.25, 0.3) is 0 Å². The Bertz CT molecular complexity index is 929. The Morgan fingerprint density at radius 1 is 0.926 bits per heavy atom. The molecule has 1 aliphatic rings. The zero-order valence-electron chi connectivity index (χ0n) is 15.0. The van der Waals surface area contributed by atoms with Gasteiger partial charge in [-0.15, -0.1) is 11.3 Å². The highest BCUT2D eigenvalue weighted by Crippen LogP contribution is 2.21. The molecule has 1 aliphatic heterocycles. The van der Waals surface area contributed by atoms with E-state index >= 15 is 0 Å². The second-order valence-corrected chi connectivity index (χ2v) is 11.4. The van der Waals surface area contributed by atoms with Crippen LogP contribution in [0.5, 0.6) is 0 Å². The molecule has 0 aliphatic carbocycles. The summed E-state index contributed by atoms with van der Waals surface area (Å²) in [5.41, 5.74) is 0.888. The average molecular weight is 429 g/mol. The Morgan fingerprint density at radius 2 is 1.59 bits per heavy atom. The number of benzene rings is 1. The predicted octanol–water partition coefficient (Wildman–Crippen LogP) is 2.83. The molecule has 6 nitrogen and oxygen atoms in total. The van der Waals surface area contributed by atoms with Gasteiger partial charge in [0.2, 0.25) is 20.0 Å². The molecule has 148 valence electrons. The molecule has 0 radical (unpaired) electrons. The molecule has 1 aromatic heterocycles. The van der Waals surface area contributed by atoms with E-state index in [0.29, 0.717) is 28.6 Å². The Kier molecular flexibility index (Phi) is 6.69. The Morgan fingerprint density at radius 3 is 2.19 bits per heavy atom. The first kappa shape index (κ1) is 20.5. The summed E-state index contributed by atoms with van der Waals surface area (Å²) in [7, 11) is -6.92. The summed E-state index contributed by atoms with van der Waals surface area (Å²) < 4.78 is 54.1. The van der Waals surface area contributed by atoms with Gasteiger partial charge >= 0.3 is 0 Å². The largest absolute Gasteiger partial charge is 0.250 e. The number of sulfonamides is 2. The second-order valence-electron chi connectivity index (χ2n) is 6.54. The van der Waals surface area contributed by atoms with Crippen LogP contribution in [0.25, 0.3) is 0 Å². The molecule has 2 heterocycles. The van der Waals surface area contributed by atoms with Gasteiger partial charge in [0, 0.05) is 19.6 Å². The molecule has 1 saturated heterocycles. The Labute approximate surface area is 165 Å². The molecule has 2 aromatic rings. The van der Waals surface area contributed by atoms with Crippen LogP contribution in [0.4, 0.5) is 0 Å². The molecule has 3 rings (SSSR count). The highest BCUT2D eigenvalue weighted by molar-refractivity contribution is 7.91. The summed E-state index contributed by atoms with van der Waals surface area (Å²) in [6.07, 6.45) is 4.46. The summed E-state index contributed by atoms with van der Waals surface area (Å²) in [6, 6.07) is 10.00. The van der Waals surface area contributed by atoms with Gasteiger partial charge in [-0.05, 0) is 48.4 Å². The lowest BCUT2D eigenvalue weighted by atomic mass is 10.2. The van der Waals surface area contributed by atoms with Crippen molar-refractivity contribution >= 4 is 31.4 Å². The third kappa shape index (κ3) is 5.17. The molecule has 1 fully saturated rings. The number of thiophene rings is 1. The van der Waals surface area contributed by atoms with E-state index in [-0.39, 0.29) is 6.54 Å². The lowest BCUT2D eigenvalue weighted by Gasteiger charge is -2.20. The van der Waals surface area contributed by atoms with Crippen LogP contribution in [0.2, 0.25) is 0 Å². The van der Waals surface area contributed by atoms with Crippen LogP contribution in [0.15, 0.2) is 50.9 Å². The first-order valence-corrected chi connectivity index (χ1v) is 12.8. The molecule has 1 N–H and O–H groups in total. The first-order chi connectivity index (χ1) is 12.9. The third-order valence-electron chi connectivity index (χ3n) is 4.59. The van der Waals surface area contributed by atoms with Gasteiger partial charge in [-0.25, -0.2) is 21.6 Å². The minimum atomic E-state index is -3.47. The fourth-order valence-corrected chi connectivity index (χ4v) is 6.66. The summed E-state index contributed by atoms with van der Waals surface area (Å²) in [5, 5.41) is 1.72. The SMILES string of the molecule is O=S(=O)(NCCc1ccc(S(=O)(=O)N2CCCCCC2)cc1)c1cccs1. The number of nitrogens with one attached hydrogen (secondary N) is 1. The maximum atomic E-state index is 12.8. The van der Waals surface area contributed by atoms with Crippen molar-refractivity contribution in [2.75, 3.05) is 19.6 Å². The average Bonchev–Trinajstić information content (AvgIpc) is 3.05. The van der Waals surface area contributed by atoms with Gasteiger partial charge in [-0.1, -0.05) is 31.0 Å². The minimum absolute atomic E-state index is 0.262. The number of hydrogen-bond donors (Lipinski definition) is 1. The van der Waals surface area contributed by atoms with Gasteiger partial charge in [-0.2, -0.15) is 4.31 Å². The van der Waals surface area contributed by atoms with Crippen molar-refractivity contribution in [3.8, 4) is 0 Å². The van der Waals surface area contributed by atoms with Crippen molar-refractivity contribution < 1.29 is 16.8 Å². The summed E-state index contributed by atoms with van der Waals surface area (Å²) >= 11 is 1.17. The monoisotopic (exact) mass is 428 g/mol. The molecule has 27 heavy (non-hydrogen) atoms. The quantitative estimate of drug-likeness (QED) is 0.735. The predicted molar refractivity (Wildman–Crippen MR) is 107 cm³/mol. The van der Waals surface area contributed by atoms with E-state index in [1.807, 2.05) is 0 Å². The summed E-state index contributed by atoms with van der Waals surface area (Å²) in [6.45, 7) is 1.42. The van der Waals surface area contributed by atoms with E-state index in [0.717, 1.165) is 31.2 Å². The van der Waals surface area contributed by atoms with Crippen LogP contribution < -0.4 is 4.72 Å². The van der Waals surface area contributed by atoms with Gasteiger partial charge in [0.05, 0.1) is 4.90 Å². The molecular weight excluding hydrogens is 404 g/mol. The van der Waals surface area contributed by atoms with Crippen LogP contribution in [0.1, 0.15) is 31.2 Å². The van der Waals surface area contributed by atoms with Gasteiger partial charge in [0.1, 0.15) is 4.21 Å². The smallest absolute Gasteiger partial charge is 0.210 e. The summed E-state index contributed by atoms with van der Waals surface area (Å²) in [4.78, 5) is 0.298. The number of nitrogens with zero attached hydrogens (tertiary/aromatic N) is 1. The van der Waals surface area contributed by atoms with E-state index in [4.69, 9.17) is 0 Å². The standard InChI is InChI=1S/C18H24N2O4S3/c21-26(22,18-6-5-15-25-18)19-12-11-16-7-9-17(10-8-16)27(23,24)20-13-3-1-2-4-14-20/h5-10,15,19H,1-4,11-14H2. The molecule has 9 heteroatoms. The zero-order chi connectivity index (χ0) is 19.3.